The zero-order valence-electron chi connectivity index (χ0n) is 13.5. The van der Waals surface area contributed by atoms with Gasteiger partial charge in [-0.05, 0) is 50.5 Å². The van der Waals surface area contributed by atoms with Crippen LogP contribution < -0.4 is 5.73 Å². The molecule has 1 fully saturated rings. The summed E-state index contributed by atoms with van der Waals surface area (Å²) in [6, 6.07) is 11.8. The molecule has 1 aliphatic heterocycles. The second-order valence-electron chi connectivity index (χ2n) is 6.43. The van der Waals surface area contributed by atoms with Crippen molar-refractivity contribution in [3.05, 3.63) is 47.7 Å². The van der Waals surface area contributed by atoms with E-state index >= 15 is 0 Å². The summed E-state index contributed by atoms with van der Waals surface area (Å²) in [6.07, 6.45) is 1.65. The number of aryl methyl sites for hydroxylation is 1. The number of likely N-dealkylation sites (tertiary alicyclic amines) is 1. The molecule has 1 saturated heterocycles. The molecule has 0 radical (unpaired) electrons. The van der Waals surface area contributed by atoms with Gasteiger partial charge in [0.2, 0.25) is 0 Å². The van der Waals surface area contributed by atoms with Crippen molar-refractivity contribution >= 4 is 17.7 Å². The van der Waals surface area contributed by atoms with Crippen LogP contribution in [-0.2, 0) is 0 Å². The van der Waals surface area contributed by atoms with E-state index in [2.05, 4.69) is 19.1 Å². The molecule has 4 nitrogen and oxygen atoms in total. The number of amides is 1. The quantitative estimate of drug-likeness (QED) is 0.932. The number of nitrogens with two attached hydrogens (primary N) is 1. The number of hydrogen-bond acceptors (Lipinski definition) is 4. The summed E-state index contributed by atoms with van der Waals surface area (Å²) >= 11 is 1.54. The fraction of sp³-hybridized carbons (Fsp3) is 0.389. The minimum atomic E-state index is -0.161. The third-order valence-corrected chi connectivity index (χ3v) is 5.39. The van der Waals surface area contributed by atoms with Gasteiger partial charge < -0.3 is 15.1 Å². The molecule has 3 rings (SSSR count). The lowest BCUT2D eigenvalue weighted by molar-refractivity contribution is 0.0643. The van der Waals surface area contributed by atoms with Crippen LogP contribution in [-0.4, -0.2) is 29.4 Å². The SMILES string of the molecule is Cc1ccccc1Sc1ccc(C(=O)N2CCC(C)(N)CC2)o1. The Labute approximate surface area is 141 Å². The fourth-order valence-electron chi connectivity index (χ4n) is 2.65. The van der Waals surface area contributed by atoms with Gasteiger partial charge in [0.25, 0.3) is 5.91 Å². The largest absolute Gasteiger partial charge is 0.444 e. The molecule has 5 heteroatoms. The summed E-state index contributed by atoms with van der Waals surface area (Å²) in [5, 5.41) is 0.739. The van der Waals surface area contributed by atoms with Gasteiger partial charge in [0.05, 0.1) is 0 Å². The van der Waals surface area contributed by atoms with Gasteiger partial charge in [0.15, 0.2) is 10.9 Å². The number of nitrogens with zero attached hydrogens (tertiary/aromatic N) is 1. The summed E-state index contributed by atoms with van der Waals surface area (Å²) in [6.45, 7) is 5.48. The lowest BCUT2D eigenvalue weighted by Crippen LogP contribution is -2.49. The Bertz CT molecular complexity index is 699. The molecule has 1 aromatic heterocycles. The Morgan fingerprint density at radius 3 is 2.61 bits per heavy atom. The molecule has 23 heavy (non-hydrogen) atoms. The highest BCUT2D eigenvalue weighted by atomic mass is 32.2. The Hall–Kier alpha value is -1.72. The topological polar surface area (TPSA) is 59.5 Å². The van der Waals surface area contributed by atoms with Crippen LogP contribution in [0.4, 0.5) is 0 Å². The first kappa shape index (κ1) is 16.1. The third-order valence-electron chi connectivity index (χ3n) is 4.29. The van der Waals surface area contributed by atoms with Gasteiger partial charge in [-0.1, -0.05) is 30.0 Å². The van der Waals surface area contributed by atoms with Crippen molar-refractivity contribution in [1.82, 2.24) is 4.90 Å². The van der Waals surface area contributed by atoms with Crippen LogP contribution in [0.3, 0.4) is 0 Å². The van der Waals surface area contributed by atoms with Crippen molar-refractivity contribution in [1.29, 1.82) is 0 Å². The molecular formula is C18H22N2O2S. The van der Waals surface area contributed by atoms with E-state index in [1.165, 1.54) is 5.56 Å². The molecule has 1 aliphatic rings. The molecule has 0 atom stereocenters. The van der Waals surface area contributed by atoms with E-state index < -0.39 is 0 Å². The second kappa shape index (κ2) is 6.42. The maximum Gasteiger partial charge on any atom is 0.289 e. The highest BCUT2D eigenvalue weighted by molar-refractivity contribution is 7.99. The number of hydrogen-bond donors (Lipinski definition) is 1. The molecule has 0 unspecified atom stereocenters. The average Bonchev–Trinajstić information content (AvgIpc) is 2.97. The van der Waals surface area contributed by atoms with Crippen molar-refractivity contribution in [2.24, 2.45) is 5.73 Å². The first-order valence-electron chi connectivity index (χ1n) is 7.86. The van der Waals surface area contributed by atoms with Crippen LogP contribution in [0.1, 0.15) is 35.9 Å². The Balaban J connectivity index is 1.67. The highest BCUT2D eigenvalue weighted by Gasteiger charge is 2.29. The summed E-state index contributed by atoms with van der Waals surface area (Å²) < 4.78 is 5.75. The van der Waals surface area contributed by atoms with Crippen LogP contribution >= 0.6 is 11.8 Å². The fourth-order valence-corrected chi connectivity index (χ4v) is 3.51. The van der Waals surface area contributed by atoms with Gasteiger partial charge in [-0.25, -0.2) is 0 Å². The molecule has 0 aliphatic carbocycles. The standard InChI is InChI=1S/C18H22N2O2S/c1-13-5-3-4-6-15(13)23-16-8-7-14(22-16)17(21)20-11-9-18(2,19)10-12-20/h3-8H,9-12,19H2,1-2H3. The molecule has 2 N–H and O–H groups in total. The smallest absolute Gasteiger partial charge is 0.289 e. The summed E-state index contributed by atoms with van der Waals surface area (Å²) in [5.41, 5.74) is 7.15. The number of carbonyl (C=O) groups excluding carboxylic acids is 1. The normalized spacial score (nSPS) is 17.3. The lowest BCUT2D eigenvalue weighted by Gasteiger charge is -2.36. The maximum atomic E-state index is 12.5. The minimum Gasteiger partial charge on any atom is -0.444 e. The van der Waals surface area contributed by atoms with Gasteiger partial charge in [0.1, 0.15) is 0 Å². The molecule has 1 aromatic carbocycles. The average molecular weight is 330 g/mol. The maximum absolute atomic E-state index is 12.5. The van der Waals surface area contributed by atoms with Crippen LogP contribution in [0, 0.1) is 6.92 Å². The van der Waals surface area contributed by atoms with Gasteiger partial charge in [-0.3, -0.25) is 4.79 Å². The molecule has 0 spiro atoms. The first-order valence-corrected chi connectivity index (χ1v) is 8.68. The van der Waals surface area contributed by atoms with E-state index in [1.807, 2.05) is 30.0 Å². The number of furan rings is 1. The monoisotopic (exact) mass is 330 g/mol. The number of benzene rings is 1. The summed E-state index contributed by atoms with van der Waals surface area (Å²) in [5.74, 6) is 0.360. The number of carbonyl (C=O) groups is 1. The zero-order valence-corrected chi connectivity index (χ0v) is 14.4. The Morgan fingerprint density at radius 1 is 1.22 bits per heavy atom. The number of piperidine rings is 1. The predicted molar refractivity (Wildman–Crippen MR) is 91.7 cm³/mol. The second-order valence-corrected chi connectivity index (χ2v) is 7.48. The third kappa shape index (κ3) is 3.79. The van der Waals surface area contributed by atoms with E-state index in [4.69, 9.17) is 10.2 Å². The molecular weight excluding hydrogens is 308 g/mol. The van der Waals surface area contributed by atoms with Gasteiger partial charge in [-0.15, -0.1) is 0 Å². The minimum absolute atomic E-state index is 0.0443. The molecule has 2 aromatic rings. The molecule has 0 saturated carbocycles. The van der Waals surface area contributed by atoms with E-state index in [1.54, 1.807) is 17.8 Å². The first-order chi connectivity index (χ1) is 10.9. The lowest BCUT2D eigenvalue weighted by atomic mass is 9.91. The Kier molecular flexibility index (Phi) is 4.50. The van der Waals surface area contributed by atoms with Gasteiger partial charge in [-0.2, -0.15) is 0 Å². The van der Waals surface area contributed by atoms with E-state index in [0.717, 1.165) is 22.8 Å². The van der Waals surface area contributed by atoms with Crippen molar-refractivity contribution < 1.29 is 9.21 Å². The summed E-state index contributed by atoms with van der Waals surface area (Å²) in [4.78, 5) is 15.5. The number of rotatable bonds is 3. The van der Waals surface area contributed by atoms with Gasteiger partial charge >= 0.3 is 0 Å². The summed E-state index contributed by atoms with van der Waals surface area (Å²) in [7, 11) is 0. The van der Waals surface area contributed by atoms with Crippen molar-refractivity contribution in [3.63, 3.8) is 0 Å². The highest BCUT2D eigenvalue weighted by Crippen LogP contribution is 2.32. The van der Waals surface area contributed by atoms with Crippen LogP contribution in [0.25, 0.3) is 0 Å². The molecule has 1 amide bonds. The van der Waals surface area contributed by atoms with Crippen molar-refractivity contribution in [2.75, 3.05) is 13.1 Å². The Morgan fingerprint density at radius 2 is 1.91 bits per heavy atom. The van der Waals surface area contributed by atoms with Crippen molar-refractivity contribution in [2.45, 2.75) is 42.2 Å². The van der Waals surface area contributed by atoms with Crippen LogP contribution in [0.2, 0.25) is 0 Å². The van der Waals surface area contributed by atoms with Crippen LogP contribution in [0.15, 0.2) is 50.8 Å². The van der Waals surface area contributed by atoms with Gasteiger partial charge in [0, 0.05) is 23.5 Å². The van der Waals surface area contributed by atoms with E-state index in [-0.39, 0.29) is 11.4 Å². The predicted octanol–water partition coefficient (Wildman–Crippen LogP) is 3.69. The molecule has 122 valence electrons. The van der Waals surface area contributed by atoms with E-state index in [0.29, 0.717) is 18.8 Å². The molecule has 0 bridgehead atoms. The zero-order chi connectivity index (χ0) is 16.4. The van der Waals surface area contributed by atoms with E-state index in [9.17, 15) is 4.79 Å². The van der Waals surface area contributed by atoms with Crippen molar-refractivity contribution in [3.8, 4) is 0 Å². The molecule has 2 heterocycles. The van der Waals surface area contributed by atoms with Crippen LogP contribution in [0.5, 0.6) is 0 Å².